The van der Waals surface area contributed by atoms with E-state index in [1.807, 2.05) is 0 Å². The normalized spacial score (nSPS) is 13.8. The van der Waals surface area contributed by atoms with E-state index in [0.717, 1.165) is 70.6 Å². The lowest BCUT2D eigenvalue weighted by molar-refractivity contribution is -0.154. The third-order valence-corrected chi connectivity index (χ3v) is 13.3. The van der Waals surface area contributed by atoms with Crippen molar-refractivity contribution >= 4 is 13.8 Å². The number of phosphoric ester groups is 1. The van der Waals surface area contributed by atoms with Crippen LogP contribution in [-0.2, 0) is 27.9 Å². The number of phosphoric acid groups is 1. The molecule has 8 nitrogen and oxygen atoms in total. The minimum atomic E-state index is -4.29. The minimum Gasteiger partial charge on any atom is -0.457 e. The molecule has 2 unspecified atom stereocenters. The zero-order valence-electron chi connectivity index (χ0n) is 45.5. The molecule has 0 aromatic carbocycles. The summed E-state index contributed by atoms with van der Waals surface area (Å²) in [6.45, 7) is 4.81. The molecule has 0 aliphatic heterocycles. The summed E-state index contributed by atoms with van der Waals surface area (Å²) >= 11 is 0. The topological polar surface area (TPSA) is 117 Å². The van der Waals surface area contributed by atoms with E-state index in [0.29, 0.717) is 13.0 Å². The summed E-state index contributed by atoms with van der Waals surface area (Å²) in [5.41, 5.74) is 5.40. The molecule has 0 aliphatic rings. The molecule has 0 heterocycles. The van der Waals surface area contributed by atoms with Crippen molar-refractivity contribution in [2.75, 3.05) is 33.0 Å². The second-order valence-electron chi connectivity index (χ2n) is 19.1. The maximum atomic E-state index is 12.7. The summed E-state index contributed by atoms with van der Waals surface area (Å²) in [7, 11) is -4.29. The molecule has 0 bridgehead atoms. The second kappa shape index (κ2) is 57.6. The van der Waals surface area contributed by atoms with Crippen LogP contribution in [0.25, 0.3) is 0 Å². The van der Waals surface area contributed by atoms with Gasteiger partial charge in [0.05, 0.1) is 19.8 Å². The molecule has 9 heteroatoms. The van der Waals surface area contributed by atoms with Crippen LogP contribution in [0.5, 0.6) is 0 Å². The first-order valence-electron chi connectivity index (χ1n) is 29.1. The highest BCUT2D eigenvalue weighted by Crippen LogP contribution is 2.43. The smallest absolute Gasteiger partial charge is 0.457 e. The minimum absolute atomic E-state index is 0.0965. The van der Waals surface area contributed by atoms with E-state index >= 15 is 0 Å². The molecule has 0 spiro atoms. The zero-order chi connectivity index (χ0) is 50.8. The lowest BCUT2D eigenvalue weighted by Crippen LogP contribution is -2.28. The lowest BCUT2D eigenvalue weighted by atomic mass is 10.0. The molecule has 0 aromatic heterocycles. The fourth-order valence-electron chi connectivity index (χ4n) is 8.06. The van der Waals surface area contributed by atoms with E-state index in [4.69, 9.17) is 24.3 Å². The van der Waals surface area contributed by atoms with E-state index in [1.165, 1.54) is 167 Å². The van der Waals surface area contributed by atoms with Gasteiger partial charge in [0.1, 0.15) is 6.10 Å². The molecule has 0 aromatic rings. The van der Waals surface area contributed by atoms with Gasteiger partial charge in [-0.3, -0.25) is 13.8 Å². The molecule has 0 amide bonds. The summed E-state index contributed by atoms with van der Waals surface area (Å²) in [6.07, 6.45) is 76.3. The number of esters is 1. The van der Waals surface area contributed by atoms with Gasteiger partial charge < -0.3 is 20.1 Å². The zero-order valence-corrected chi connectivity index (χ0v) is 46.4. The molecule has 0 saturated heterocycles. The van der Waals surface area contributed by atoms with Gasteiger partial charge in [-0.1, -0.05) is 247 Å². The largest absolute Gasteiger partial charge is 0.472 e. The highest BCUT2D eigenvalue weighted by Gasteiger charge is 2.25. The van der Waals surface area contributed by atoms with Gasteiger partial charge in [-0.15, -0.1) is 0 Å². The van der Waals surface area contributed by atoms with Crippen LogP contribution in [0.15, 0.2) is 85.1 Å². The van der Waals surface area contributed by atoms with Crippen LogP contribution in [0.3, 0.4) is 0 Å². The van der Waals surface area contributed by atoms with Gasteiger partial charge in [0, 0.05) is 19.6 Å². The van der Waals surface area contributed by atoms with Crippen LogP contribution in [-0.4, -0.2) is 49.9 Å². The number of rotatable bonds is 55. The lowest BCUT2D eigenvalue weighted by Gasteiger charge is -2.20. The molecule has 0 saturated carbocycles. The Labute approximate surface area is 432 Å². The molecule has 0 fully saturated rings. The molecular weight excluding hydrogens is 890 g/mol. The Balaban J connectivity index is 3.90. The fraction of sp³-hybridized carbons (Fsp3) is 0.754. The van der Waals surface area contributed by atoms with Crippen molar-refractivity contribution in [2.45, 2.75) is 264 Å². The number of carbonyl (C=O) groups is 1. The number of carbonyl (C=O) groups excluding carboxylic acids is 1. The Morgan fingerprint density at radius 2 is 0.800 bits per heavy atom. The number of nitrogens with two attached hydrogens (primary N) is 1. The molecule has 2 atom stereocenters. The van der Waals surface area contributed by atoms with Gasteiger partial charge in [-0.05, 0) is 89.9 Å². The van der Waals surface area contributed by atoms with Gasteiger partial charge >= 0.3 is 13.8 Å². The quantitative estimate of drug-likeness (QED) is 0.0268. The molecule has 0 radical (unpaired) electrons. The fourth-order valence-corrected chi connectivity index (χ4v) is 8.82. The Hall–Kier alpha value is -2.32. The van der Waals surface area contributed by atoms with Crippen LogP contribution in [0.2, 0.25) is 0 Å². The summed E-state index contributed by atoms with van der Waals surface area (Å²) in [5.74, 6) is -0.334. The number of unbranched alkanes of at least 4 members (excludes halogenated alkanes) is 28. The Bertz CT molecular complexity index is 1350. The Morgan fingerprint density at radius 1 is 0.443 bits per heavy atom. The number of hydrogen-bond donors (Lipinski definition) is 2. The summed E-state index contributed by atoms with van der Waals surface area (Å²) in [4.78, 5) is 22.7. The van der Waals surface area contributed by atoms with Crippen molar-refractivity contribution in [3.63, 3.8) is 0 Å². The maximum Gasteiger partial charge on any atom is 0.472 e. The van der Waals surface area contributed by atoms with Gasteiger partial charge in [0.15, 0.2) is 0 Å². The van der Waals surface area contributed by atoms with Crippen LogP contribution >= 0.6 is 7.82 Å². The molecule has 3 N–H and O–H groups in total. The summed E-state index contributed by atoms with van der Waals surface area (Å²) in [5, 5.41) is 0. The Morgan fingerprint density at radius 3 is 1.20 bits per heavy atom. The second-order valence-corrected chi connectivity index (χ2v) is 20.6. The molecule has 406 valence electrons. The van der Waals surface area contributed by atoms with E-state index in [2.05, 4.69) is 98.9 Å². The number of allylic oxidation sites excluding steroid dienone is 14. The average molecular weight is 1000 g/mol. The van der Waals surface area contributed by atoms with Crippen molar-refractivity contribution in [2.24, 2.45) is 5.73 Å². The molecule has 70 heavy (non-hydrogen) atoms. The van der Waals surface area contributed by atoms with Crippen LogP contribution in [0, 0.1) is 0 Å². The van der Waals surface area contributed by atoms with Gasteiger partial charge in [-0.25, -0.2) is 4.57 Å². The molecule has 0 rings (SSSR count). The van der Waals surface area contributed by atoms with Gasteiger partial charge in [0.2, 0.25) is 0 Å². The highest BCUT2D eigenvalue weighted by atomic mass is 31.2. The van der Waals surface area contributed by atoms with Crippen molar-refractivity contribution in [3.8, 4) is 0 Å². The van der Waals surface area contributed by atoms with Crippen LogP contribution in [0.1, 0.15) is 258 Å². The highest BCUT2D eigenvalue weighted by molar-refractivity contribution is 7.47. The van der Waals surface area contributed by atoms with E-state index in [-0.39, 0.29) is 32.3 Å². The summed E-state index contributed by atoms with van der Waals surface area (Å²) in [6, 6.07) is 0. The average Bonchev–Trinajstić information content (AvgIpc) is 3.35. The SMILES string of the molecule is CC/C=C\C/C=C\C/C=C\C/C=C\CCCCCCCCCCCCCCCOCC(COP(=O)(O)OCCN)OC(=O)CCCCCCCCCCCC/C=C\C/C=C\C/C=C\CCCCCCC. The maximum absolute atomic E-state index is 12.7. The summed E-state index contributed by atoms with van der Waals surface area (Å²) < 4.78 is 33.7. The first-order chi connectivity index (χ1) is 34.4. The van der Waals surface area contributed by atoms with Crippen molar-refractivity contribution < 1.29 is 32.8 Å². The predicted octanol–water partition coefficient (Wildman–Crippen LogP) is 18.8. The number of hydrogen-bond acceptors (Lipinski definition) is 7. The monoisotopic (exact) mass is 1000 g/mol. The third kappa shape index (κ3) is 56.6. The molecular formula is C61H110NO7P. The predicted molar refractivity (Wildman–Crippen MR) is 302 cm³/mol. The first-order valence-corrected chi connectivity index (χ1v) is 30.6. The van der Waals surface area contributed by atoms with E-state index in [9.17, 15) is 14.3 Å². The molecule has 0 aliphatic carbocycles. The van der Waals surface area contributed by atoms with Crippen molar-refractivity contribution in [1.29, 1.82) is 0 Å². The van der Waals surface area contributed by atoms with Gasteiger partial charge in [-0.2, -0.15) is 0 Å². The van der Waals surface area contributed by atoms with Gasteiger partial charge in [0.25, 0.3) is 0 Å². The van der Waals surface area contributed by atoms with E-state index in [1.54, 1.807) is 0 Å². The van der Waals surface area contributed by atoms with Crippen LogP contribution in [0.4, 0.5) is 0 Å². The Kier molecular flexibility index (Phi) is 55.7. The van der Waals surface area contributed by atoms with E-state index < -0.39 is 13.9 Å². The standard InChI is InChI=1S/C61H110NO7P/c1-3-5-7-9-11-13-15-17-19-21-23-25-27-29-31-33-35-37-39-41-43-45-47-49-51-53-56-66-58-60(59-68-70(64,65)67-57-55-62)69-61(63)54-52-50-48-46-44-42-40-38-36-34-32-30-28-26-24-22-20-18-16-14-12-10-8-6-4-2/h5,7,11,13,16-19,22-25,28,30,60H,3-4,6,8-10,12,14-15,20-21,26-27,29,31-59,62H2,1-2H3,(H,64,65)/b7-5-,13-11-,18-16-,19-17-,24-22-,25-23-,30-28-. The van der Waals surface area contributed by atoms with Crippen molar-refractivity contribution in [3.05, 3.63) is 85.1 Å². The third-order valence-electron chi connectivity index (χ3n) is 12.3. The van der Waals surface area contributed by atoms with Crippen LogP contribution < -0.4 is 5.73 Å². The van der Waals surface area contributed by atoms with Crippen molar-refractivity contribution in [1.82, 2.24) is 0 Å². The first kappa shape index (κ1) is 67.7. The number of ether oxygens (including phenoxy) is 2.